The summed E-state index contributed by atoms with van der Waals surface area (Å²) in [5.41, 5.74) is 4.30. The molecule has 0 radical (unpaired) electrons. The van der Waals surface area contributed by atoms with E-state index in [9.17, 15) is 24.6 Å². The van der Waals surface area contributed by atoms with Gasteiger partial charge >= 0.3 is 12.1 Å². The Kier molecular flexibility index (Phi) is 7.67. The highest BCUT2D eigenvalue weighted by molar-refractivity contribution is 5.86. The zero-order valence-corrected chi connectivity index (χ0v) is 19.3. The number of amides is 2. The molecule has 4 rings (SSSR count). The molecule has 3 atom stereocenters. The van der Waals surface area contributed by atoms with Crippen molar-refractivity contribution >= 4 is 18.0 Å². The average molecular weight is 483 g/mol. The van der Waals surface area contributed by atoms with Crippen molar-refractivity contribution in [2.75, 3.05) is 32.9 Å². The Morgan fingerprint density at radius 1 is 0.943 bits per heavy atom. The van der Waals surface area contributed by atoms with Gasteiger partial charge in [-0.05, 0) is 28.7 Å². The fourth-order valence-electron chi connectivity index (χ4n) is 5.06. The van der Waals surface area contributed by atoms with Gasteiger partial charge in [-0.2, -0.15) is 0 Å². The van der Waals surface area contributed by atoms with Crippen LogP contribution in [0, 0.1) is 11.8 Å². The van der Waals surface area contributed by atoms with Crippen molar-refractivity contribution < 1.29 is 34.4 Å². The molecule has 2 aromatic rings. The molecule has 0 aromatic heterocycles. The maximum absolute atomic E-state index is 13.1. The van der Waals surface area contributed by atoms with Crippen LogP contribution in [0.15, 0.2) is 48.5 Å². The molecule has 9 nitrogen and oxygen atoms in total. The molecule has 1 aliphatic carbocycles. The molecule has 1 heterocycles. The van der Waals surface area contributed by atoms with E-state index in [1.165, 1.54) is 4.90 Å². The minimum atomic E-state index is -1.08. The highest BCUT2D eigenvalue weighted by Crippen LogP contribution is 2.44. The number of rotatable bonds is 9. The molecule has 1 aliphatic heterocycles. The molecule has 1 saturated heterocycles. The number of nitrogens with zero attached hydrogens (tertiary/aromatic N) is 1. The van der Waals surface area contributed by atoms with E-state index in [0.717, 1.165) is 22.3 Å². The van der Waals surface area contributed by atoms with Crippen LogP contribution in [0.2, 0.25) is 0 Å². The van der Waals surface area contributed by atoms with Crippen molar-refractivity contribution in [1.29, 1.82) is 0 Å². The molecular weight excluding hydrogens is 452 g/mol. The summed E-state index contributed by atoms with van der Waals surface area (Å²) in [5.74, 6) is -2.21. The number of carboxylic acids is 1. The molecule has 4 N–H and O–H groups in total. The molecule has 1 fully saturated rings. The Hall–Kier alpha value is -3.43. The Labute approximate surface area is 203 Å². The Morgan fingerprint density at radius 3 is 2.00 bits per heavy atom. The first-order valence-corrected chi connectivity index (χ1v) is 11.8. The number of aliphatic hydroxyl groups excluding tert-OH is 2. The second-order valence-electron chi connectivity index (χ2n) is 9.08. The number of alkyl carbamates (subject to hydrolysis) is 1. The van der Waals surface area contributed by atoms with E-state index < -0.39 is 24.0 Å². The Balaban J connectivity index is 1.42. The lowest BCUT2D eigenvalue weighted by molar-refractivity contribution is -0.137. The SMILES string of the molecule is O=C(O)CCC(NC(=O)OCC1c2ccccc2-c2ccccc21)C(=O)N1CC(CO)C(CO)C1. The first kappa shape index (κ1) is 24.7. The lowest BCUT2D eigenvalue weighted by atomic mass is 9.98. The summed E-state index contributed by atoms with van der Waals surface area (Å²) in [6.07, 6.45) is -1.20. The lowest BCUT2D eigenvalue weighted by Crippen LogP contribution is -2.48. The van der Waals surface area contributed by atoms with E-state index in [-0.39, 0.29) is 63.5 Å². The van der Waals surface area contributed by atoms with Crippen LogP contribution in [0.3, 0.4) is 0 Å². The summed E-state index contributed by atoms with van der Waals surface area (Å²) in [6, 6.07) is 14.8. The van der Waals surface area contributed by atoms with E-state index >= 15 is 0 Å². The molecule has 2 aliphatic rings. The van der Waals surface area contributed by atoms with Gasteiger partial charge < -0.3 is 30.3 Å². The Morgan fingerprint density at radius 2 is 1.49 bits per heavy atom. The van der Waals surface area contributed by atoms with E-state index in [1.807, 2.05) is 48.5 Å². The van der Waals surface area contributed by atoms with Gasteiger partial charge in [0.25, 0.3) is 0 Å². The highest BCUT2D eigenvalue weighted by Gasteiger charge is 2.37. The van der Waals surface area contributed by atoms with Gasteiger partial charge in [-0.25, -0.2) is 4.79 Å². The van der Waals surface area contributed by atoms with Crippen molar-refractivity contribution in [3.63, 3.8) is 0 Å². The molecular formula is C26H30N2O7. The monoisotopic (exact) mass is 482 g/mol. The summed E-state index contributed by atoms with van der Waals surface area (Å²) in [5, 5.41) is 30.7. The van der Waals surface area contributed by atoms with Gasteiger partial charge in [0, 0.05) is 50.5 Å². The van der Waals surface area contributed by atoms with Crippen LogP contribution >= 0.6 is 0 Å². The number of carbonyl (C=O) groups excluding carboxylic acids is 2. The number of aliphatic hydroxyl groups is 2. The minimum Gasteiger partial charge on any atom is -0.481 e. The summed E-state index contributed by atoms with van der Waals surface area (Å²) >= 11 is 0. The molecule has 186 valence electrons. The molecule has 35 heavy (non-hydrogen) atoms. The van der Waals surface area contributed by atoms with Crippen LogP contribution < -0.4 is 5.32 Å². The summed E-state index contributed by atoms with van der Waals surface area (Å²) in [7, 11) is 0. The lowest BCUT2D eigenvalue weighted by Gasteiger charge is -2.24. The Bertz CT molecular complexity index is 1030. The van der Waals surface area contributed by atoms with Crippen LogP contribution in [0.4, 0.5) is 4.79 Å². The van der Waals surface area contributed by atoms with Crippen LogP contribution in [-0.4, -0.2) is 77.1 Å². The number of nitrogens with one attached hydrogen (secondary N) is 1. The van der Waals surface area contributed by atoms with E-state index in [4.69, 9.17) is 9.84 Å². The largest absolute Gasteiger partial charge is 0.481 e. The van der Waals surface area contributed by atoms with Crippen LogP contribution in [0.1, 0.15) is 29.9 Å². The van der Waals surface area contributed by atoms with E-state index in [2.05, 4.69) is 5.32 Å². The third kappa shape index (κ3) is 5.31. The van der Waals surface area contributed by atoms with Crippen molar-refractivity contribution in [1.82, 2.24) is 10.2 Å². The predicted octanol–water partition coefficient (Wildman–Crippen LogP) is 1.82. The van der Waals surface area contributed by atoms with Gasteiger partial charge in [-0.15, -0.1) is 0 Å². The standard InChI is InChI=1S/C26H30N2O7/c29-13-16-11-28(12-17(16)14-30)25(33)23(9-10-24(31)32)27-26(34)35-15-22-20-7-3-1-5-18(20)19-6-2-4-8-21(19)22/h1-8,16-17,22-23,29-30H,9-15H2,(H,27,34)(H,31,32). The van der Waals surface area contributed by atoms with E-state index in [1.54, 1.807) is 0 Å². The zero-order chi connectivity index (χ0) is 24.9. The van der Waals surface area contributed by atoms with Crippen molar-refractivity contribution in [2.24, 2.45) is 11.8 Å². The highest BCUT2D eigenvalue weighted by atomic mass is 16.5. The molecule has 2 amide bonds. The minimum absolute atomic E-state index is 0.0720. The molecule has 9 heteroatoms. The van der Waals surface area contributed by atoms with Gasteiger partial charge in [0.05, 0.1) is 0 Å². The third-order valence-electron chi connectivity index (χ3n) is 6.94. The second kappa shape index (κ2) is 10.9. The fourth-order valence-corrected chi connectivity index (χ4v) is 5.06. The topological polar surface area (TPSA) is 136 Å². The molecule has 0 saturated carbocycles. The zero-order valence-electron chi connectivity index (χ0n) is 19.3. The third-order valence-corrected chi connectivity index (χ3v) is 6.94. The van der Waals surface area contributed by atoms with Gasteiger partial charge in [0.15, 0.2) is 0 Å². The first-order chi connectivity index (χ1) is 16.9. The smallest absolute Gasteiger partial charge is 0.407 e. The number of fused-ring (bicyclic) bond motifs is 3. The number of carboxylic acid groups (broad SMARTS) is 1. The van der Waals surface area contributed by atoms with Crippen molar-refractivity contribution in [3.8, 4) is 11.1 Å². The first-order valence-electron chi connectivity index (χ1n) is 11.8. The summed E-state index contributed by atoms with van der Waals surface area (Å²) < 4.78 is 5.53. The van der Waals surface area contributed by atoms with Crippen molar-refractivity contribution in [2.45, 2.75) is 24.8 Å². The van der Waals surface area contributed by atoms with Crippen LogP contribution in [0.5, 0.6) is 0 Å². The van der Waals surface area contributed by atoms with Crippen LogP contribution in [-0.2, 0) is 14.3 Å². The number of aliphatic carboxylic acids is 1. The number of benzene rings is 2. The number of hydrogen-bond acceptors (Lipinski definition) is 6. The summed E-state index contributed by atoms with van der Waals surface area (Å²) in [6.45, 7) is 0.193. The van der Waals surface area contributed by atoms with Gasteiger partial charge in [-0.1, -0.05) is 48.5 Å². The van der Waals surface area contributed by atoms with Gasteiger partial charge in [0.2, 0.25) is 5.91 Å². The molecule has 0 spiro atoms. The molecule has 3 unspecified atom stereocenters. The van der Waals surface area contributed by atoms with Crippen LogP contribution in [0.25, 0.3) is 11.1 Å². The molecule has 0 bridgehead atoms. The number of likely N-dealkylation sites (tertiary alicyclic amines) is 1. The number of hydrogen-bond donors (Lipinski definition) is 4. The second-order valence-corrected chi connectivity index (χ2v) is 9.08. The predicted molar refractivity (Wildman–Crippen MR) is 127 cm³/mol. The van der Waals surface area contributed by atoms with Gasteiger partial charge in [0.1, 0.15) is 12.6 Å². The van der Waals surface area contributed by atoms with E-state index in [0.29, 0.717) is 0 Å². The molecule has 2 aromatic carbocycles. The number of carbonyl (C=O) groups is 3. The van der Waals surface area contributed by atoms with Crippen molar-refractivity contribution in [3.05, 3.63) is 59.7 Å². The maximum atomic E-state index is 13.1. The normalized spacial score (nSPS) is 19.7. The quantitative estimate of drug-likeness (QED) is 0.428. The fraction of sp³-hybridized carbons (Fsp3) is 0.423. The maximum Gasteiger partial charge on any atom is 0.407 e. The van der Waals surface area contributed by atoms with Gasteiger partial charge in [-0.3, -0.25) is 9.59 Å². The number of ether oxygens (including phenoxy) is 1. The summed E-state index contributed by atoms with van der Waals surface area (Å²) in [4.78, 5) is 38.4. The average Bonchev–Trinajstić information content (AvgIpc) is 3.44.